The Labute approximate surface area is 143 Å². The second-order valence-electron chi connectivity index (χ2n) is 7.45. The van der Waals surface area contributed by atoms with Crippen molar-refractivity contribution in [2.24, 2.45) is 5.92 Å². The highest BCUT2D eigenvalue weighted by atomic mass is 16.5. The molecule has 6 nitrogen and oxygen atoms in total. The number of ether oxygens (including phenoxy) is 1. The maximum absolute atomic E-state index is 12.5. The Morgan fingerprint density at radius 1 is 1.21 bits per heavy atom. The molecule has 0 radical (unpaired) electrons. The number of hydrogen-bond acceptors (Lipinski definition) is 4. The van der Waals surface area contributed by atoms with Crippen LogP contribution < -0.4 is 0 Å². The number of rotatable bonds is 5. The minimum Gasteiger partial charge on any atom is -0.378 e. The topological polar surface area (TPSA) is 50.6 Å². The fourth-order valence-electron chi connectivity index (χ4n) is 3.93. The van der Waals surface area contributed by atoms with Gasteiger partial charge >= 0.3 is 0 Å². The van der Waals surface area contributed by atoms with Gasteiger partial charge in [-0.15, -0.1) is 0 Å². The van der Waals surface area contributed by atoms with E-state index in [4.69, 9.17) is 4.74 Å². The molecule has 1 amide bonds. The SMILES string of the molecule is O=C(CN1CCC[C@H](c2nccn2CC2CC2)C1)N1CCOCC1. The average molecular weight is 332 g/mol. The lowest BCUT2D eigenvalue weighted by atomic mass is 9.97. The van der Waals surface area contributed by atoms with Crippen molar-refractivity contribution in [2.75, 3.05) is 45.9 Å². The summed E-state index contributed by atoms with van der Waals surface area (Å²) < 4.78 is 7.69. The van der Waals surface area contributed by atoms with Crippen molar-refractivity contribution >= 4 is 5.91 Å². The third-order valence-corrected chi connectivity index (χ3v) is 5.49. The lowest BCUT2D eigenvalue weighted by molar-refractivity contribution is -0.136. The number of carbonyl (C=O) groups is 1. The molecule has 0 spiro atoms. The van der Waals surface area contributed by atoms with E-state index in [-0.39, 0.29) is 5.91 Å². The number of morpholine rings is 1. The molecule has 4 rings (SSSR count). The molecular weight excluding hydrogens is 304 g/mol. The second kappa shape index (κ2) is 7.23. The van der Waals surface area contributed by atoms with Crippen LogP contribution >= 0.6 is 0 Å². The van der Waals surface area contributed by atoms with Gasteiger partial charge in [0.1, 0.15) is 5.82 Å². The van der Waals surface area contributed by atoms with E-state index < -0.39 is 0 Å². The van der Waals surface area contributed by atoms with Gasteiger partial charge in [-0.25, -0.2) is 4.98 Å². The molecule has 2 saturated heterocycles. The van der Waals surface area contributed by atoms with Crippen LogP contribution in [0.15, 0.2) is 12.4 Å². The number of aromatic nitrogens is 2. The van der Waals surface area contributed by atoms with Crippen LogP contribution in [0.25, 0.3) is 0 Å². The molecule has 132 valence electrons. The maximum atomic E-state index is 12.5. The van der Waals surface area contributed by atoms with Gasteiger partial charge in [0.05, 0.1) is 19.8 Å². The summed E-state index contributed by atoms with van der Waals surface area (Å²) in [7, 11) is 0. The largest absolute Gasteiger partial charge is 0.378 e. The zero-order chi connectivity index (χ0) is 16.4. The highest BCUT2D eigenvalue weighted by Crippen LogP contribution is 2.33. The summed E-state index contributed by atoms with van der Waals surface area (Å²) in [4.78, 5) is 21.4. The van der Waals surface area contributed by atoms with Crippen LogP contribution in [0.4, 0.5) is 0 Å². The Balaban J connectivity index is 1.35. The zero-order valence-electron chi connectivity index (χ0n) is 14.4. The van der Waals surface area contributed by atoms with E-state index in [0.29, 0.717) is 25.7 Å². The highest BCUT2D eigenvalue weighted by Gasteiger charge is 2.29. The molecule has 0 N–H and O–H groups in total. The van der Waals surface area contributed by atoms with Crippen LogP contribution in [0.5, 0.6) is 0 Å². The molecule has 0 aromatic carbocycles. The second-order valence-corrected chi connectivity index (χ2v) is 7.45. The van der Waals surface area contributed by atoms with Crippen LogP contribution in [0.1, 0.15) is 37.4 Å². The van der Waals surface area contributed by atoms with Crippen molar-refractivity contribution in [1.82, 2.24) is 19.4 Å². The third-order valence-electron chi connectivity index (χ3n) is 5.49. The van der Waals surface area contributed by atoms with Gasteiger partial charge in [-0.2, -0.15) is 0 Å². The Kier molecular flexibility index (Phi) is 4.85. The first kappa shape index (κ1) is 16.1. The number of amides is 1. The van der Waals surface area contributed by atoms with E-state index in [1.54, 1.807) is 0 Å². The Morgan fingerprint density at radius 3 is 2.83 bits per heavy atom. The summed E-state index contributed by atoms with van der Waals surface area (Å²) in [5.41, 5.74) is 0. The predicted octanol–water partition coefficient (Wildman–Crippen LogP) is 1.33. The monoisotopic (exact) mass is 332 g/mol. The Hall–Kier alpha value is -1.40. The first-order valence-electron chi connectivity index (χ1n) is 9.38. The van der Waals surface area contributed by atoms with Gasteiger partial charge in [-0.05, 0) is 38.1 Å². The summed E-state index contributed by atoms with van der Waals surface area (Å²) in [6.07, 6.45) is 9.13. The lowest BCUT2D eigenvalue weighted by Crippen LogP contribution is -2.47. The molecule has 3 aliphatic rings. The molecule has 1 aromatic rings. The van der Waals surface area contributed by atoms with Crippen molar-refractivity contribution in [3.05, 3.63) is 18.2 Å². The molecule has 1 aliphatic carbocycles. The molecule has 3 heterocycles. The molecular formula is C18H28N4O2. The molecule has 1 aromatic heterocycles. The van der Waals surface area contributed by atoms with E-state index in [0.717, 1.165) is 45.1 Å². The molecule has 0 bridgehead atoms. The maximum Gasteiger partial charge on any atom is 0.236 e. The van der Waals surface area contributed by atoms with E-state index in [9.17, 15) is 4.79 Å². The highest BCUT2D eigenvalue weighted by molar-refractivity contribution is 5.78. The first-order chi connectivity index (χ1) is 11.8. The van der Waals surface area contributed by atoms with Crippen molar-refractivity contribution in [1.29, 1.82) is 0 Å². The van der Waals surface area contributed by atoms with E-state index >= 15 is 0 Å². The molecule has 1 atom stereocenters. The van der Waals surface area contributed by atoms with Crippen molar-refractivity contribution in [3.8, 4) is 0 Å². The van der Waals surface area contributed by atoms with Gasteiger partial charge in [0, 0.05) is 44.5 Å². The number of hydrogen-bond donors (Lipinski definition) is 0. The van der Waals surface area contributed by atoms with Gasteiger partial charge in [0.25, 0.3) is 0 Å². The molecule has 24 heavy (non-hydrogen) atoms. The smallest absolute Gasteiger partial charge is 0.236 e. The van der Waals surface area contributed by atoms with E-state index in [1.807, 2.05) is 11.1 Å². The van der Waals surface area contributed by atoms with Crippen LogP contribution in [-0.2, 0) is 16.1 Å². The minimum absolute atomic E-state index is 0.250. The number of nitrogens with zero attached hydrogens (tertiary/aromatic N) is 4. The van der Waals surface area contributed by atoms with Crippen LogP contribution in [0.3, 0.4) is 0 Å². The summed E-state index contributed by atoms with van der Waals surface area (Å²) >= 11 is 0. The minimum atomic E-state index is 0.250. The number of imidazole rings is 1. The first-order valence-corrected chi connectivity index (χ1v) is 9.38. The van der Waals surface area contributed by atoms with Crippen molar-refractivity contribution in [2.45, 2.75) is 38.1 Å². The fourth-order valence-corrected chi connectivity index (χ4v) is 3.93. The van der Waals surface area contributed by atoms with Gasteiger partial charge in [0.2, 0.25) is 5.91 Å². The van der Waals surface area contributed by atoms with Crippen molar-refractivity contribution < 1.29 is 9.53 Å². The third kappa shape index (κ3) is 3.81. The molecule has 0 unspecified atom stereocenters. The van der Waals surface area contributed by atoms with Gasteiger partial charge in [-0.3, -0.25) is 9.69 Å². The summed E-state index contributed by atoms with van der Waals surface area (Å²) in [6.45, 7) is 6.47. The predicted molar refractivity (Wildman–Crippen MR) is 90.8 cm³/mol. The number of piperidine rings is 1. The summed E-state index contributed by atoms with van der Waals surface area (Å²) in [5.74, 6) is 2.80. The normalized spacial score (nSPS) is 25.8. The number of likely N-dealkylation sites (tertiary alicyclic amines) is 1. The van der Waals surface area contributed by atoms with Gasteiger partial charge in [-0.1, -0.05) is 0 Å². The molecule has 6 heteroatoms. The summed E-state index contributed by atoms with van der Waals surface area (Å²) in [6, 6.07) is 0. The fraction of sp³-hybridized carbons (Fsp3) is 0.778. The van der Waals surface area contributed by atoms with E-state index in [2.05, 4.69) is 20.6 Å². The average Bonchev–Trinajstić information content (AvgIpc) is 3.31. The lowest BCUT2D eigenvalue weighted by Gasteiger charge is -2.34. The standard InChI is InChI=1S/C18H28N4O2/c23-17(21-8-10-24-11-9-21)14-20-6-1-2-16(13-20)18-19-5-7-22(18)12-15-3-4-15/h5,7,15-16H,1-4,6,8-14H2/t16-/m0/s1. The molecule has 2 aliphatic heterocycles. The Morgan fingerprint density at radius 2 is 2.04 bits per heavy atom. The quantitative estimate of drug-likeness (QED) is 0.816. The van der Waals surface area contributed by atoms with Crippen LogP contribution in [0.2, 0.25) is 0 Å². The van der Waals surface area contributed by atoms with Crippen molar-refractivity contribution in [3.63, 3.8) is 0 Å². The molecule has 3 fully saturated rings. The van der Waals surface area contributed by atoms with Gasteiger partial charge < -0.3 is 14.2 Å². The zero-order valence-corrected chi connectivity index (χ0v) is 14.4. The van der Waals surface area contributed by atoms with E-state index in [1.165, 1.54) is 25.1 Å². The Bertz CT molecular complexity index is 563. The summed E-state index contributed by atoms with van der Waals surface area (Å²) in [5, 5.41) is 0. The van der Waals surface area contributed by atoms with Crippen LogP contribution in [-0.4, -0.2) is 71.2 Å². The van der Waals surface area contributed by atoms with Crippen LogP contribution in [0, 0.1) is 5.92 Å². The molecule has 1 saturated carbocycles. The van der Waals surface area contributed by atoms with Gasteiger partial charge in [0.15, 0.2) is 0 Å². The number of carbonyl (C=O) groups excluding carboxylic acids is 1.